The molecule has 3 aliphatic heterocycles. The van der Waals surface area contributed by atoms with Crippen molar-refractivity contribution in [3.63, 3.8) is 0 Å². The number of allylic oxidation sites excluding steroid dienone is 1. The Hall–Kier alpha value is -2.53. The number of hydrogen-bond acceptors (Lipinski definition) is 20. The quantitative estimate of drug-likeness (QED) is 0.0199. The van der Waals surface area contributed by atoms with Gasteiger partial charge in [0.25, 0.3) is 5.79 Å². The maximum atomic E-state index is 13.6. The summed E-state index contributed by atoms with van der Waals surface area (Å²) in [4.78, 5) is 38.8. The minimum absolute atomic E-state index is 0.206. The first-order chi connectivity index (χ1) is 52.9. The third-order valence-corrected chi connectivity index (χ3v) is 22.7. The maximum Gasteiger partial charge on any atom is 0.364 e. The normalized spacial score (nSPS) is 25.7. The van der Waals surface area contributed by atoms with Gasteiger partial charge in [-0.15, -0.1) is 0 Å². The van der Waals surface area contributed by atoms with Gasteiger partial charge in [0.2, 0.25) is 11.8 Å². The molecule has 0 spiro atoms. The lowest BCUT2D eigenvalue weighted by atomic mass is 9.88. The third-order valence-electron chi connectivity index (χ3n) is 22.7. The van der Waals surface area contributed by atoms with Crippen LogP contribution in [-0.4, -0.2) is 215 Å². The standard InChI is InChI=1S/C86H162N2O21/c1-4-6-8-10-12-14-16-18-20-22-24-26-27-28-29-30-31-32-33-34-35-36-37-38-39-40-42-44-46-48-50-52-54-56-58-60-73(96)88-67(68(93)59-57-55-53-51-49-47-45-43-41-25-23-21-19-17-15-13-11-9-7-5-2)65-104-83-78(100)77(99)80(72(64-91)106-83)107-84-79(101)82(76(98)71(63-90)105-84)109-86(85(102)103)61-69(94)74(87-66(3)92)81(108-86)75(97)70(95)62-89/h57,59,67-72,74-84,89-91,93-95,97-101H,4-56,58,60-65H2,1-3H3,(H,87,92)(H,88,96)(H,102,103)/b59-57+. The van der Waals surface area contributed by atoms with Crippen LogP contribution in [0, 0.1) is 0 Å². The summed E-state index contributed by atoms with van der Waals surface area (Å²) >= 11 is 0. The van der Waals surface area contributed by atoms with Crippen molar-refractivity contribution in [3.8, 4) is 0 Å². The number of carboxylic acids is 1. The van der Waals surface area contributed by atoms with Crippen LogP contribution in [0.4, 0.5) is 0 Å². The Morgan fingerprint density at radius 2 is 0.853 bits per heavy atom. The van der Waals surface area contributed by atoms with Gasteiger partial charge in [0.15, 0.2) is 12.6 Å². The van der Waals surface area contributed by atoms with Crippen molar-refractivity contribution in [3.05, 3.63) is 12.2 Å². The Balaban J connectivity index is 1.43. The topological polar surface area (TPSA) is 373 Å². The number of unbranched alkanes of at least 4 members (excludes halogenated alkanes) is 52. The molecule has 0 aliphatic carbocycles. The average Bonchev–Trinajstić information content (AvgIpc) is 0.754. The largest absolute Gasteiger partial charge is 0.477 e. The van der Waals surface area contributed by atoms with Gasteiger partial charge in [-0.05, 0) is 19.3 Å². The van der Waals surface area contributed by atoms with Crippen molar-refractivity contribution in [1.82, 2.24) is 10.6 Å². The number of carbonyl (C=O) groups excluding carboxylic acids is 2. The molecule has 0 aromatic rings. The van der Waals surface area contributed by atoms with Crippen LogP contribution < -0.4 is 10.6 Å². The zero-order valence-corrected chi connectivity index (χ0v) is 68.4. The first-order valence-electron chi connectivity index (χ1n) is 44.6. The Bertz CT molecular complexity index is 2210. The summed E-state index contributed by atoms with van der Waals surface area (Å²) in [6.07, 6.45) is 44.1. The highest BCUT2D eigenvalue weighted by atomic mass is 16.8. The fourth-order valence-corrected chi connectivity index (χ4v) is 15.7. The summed E-state index contributed by atoms with van der Waals surface area (Å²) in [6.45, 7) is 2.21. The number of nitrogens with one attached hydrogen (secondary N) is 2. The van der Waals surface area contributed by atoms with Crippen LogP contribution in [0.3, 0.4) is 0 Å². The van der Waals surface area contributed by atoms with Crippen molar-refractivity contribution in [2.75, 3.05) is 26.4 Å². The van der Waals surface area contributed by atoms with Crippen LogP contribution in [0.15, 0.2) is 12.2 Å². The second-order valence-corrected chi connectivity index (χ2v) is 32.5. The summed E-state index contributed by atoms with van der Waals surface area (Å²) in [5.41, 5.74) is 0. The Morgan fingerprint density at radius 3 is 1.22 bits per heavy atom. The first kappa shape index (κ1) is 101. The van der Waals surface area contributed by atoms with E-state index in [2.05, 4.69) is 24.5 Å². The Morgan fingerprint density at radius 1 is 0.477 bits per heavy atom. The zero-order chi connectivity index (χ0) is 79.5. The number of ether oxygens (including phenoxy) is 6. The Kier molecular flexibility index (Phi) is 59.7. The molecular formula is C86H162N2O21. The zero-order valence-electron chi connectivity index (χ0n) is 68.4. The van der Waals surface area contributed by atoms with Crippen LogP contribution in [-0.2, 0) is 42.8 Å². The van der Waals surface area contributed by atoms with E-state index in [1.165, 1.54) is 289 Å². The maximum absolute atomic E-state index is 13.6. The molecule has 18 atom stereocenters. The van der Waals surface area contributed by atoms with E-state index < -0.39 is 155 Å². The molecule has 3 aliphatic rings. The highest BCUT2D eigenvalue weighted by Gasteiger charge is 2.60. The van der Waals surface area contributed by atoms with Crippen LogP contribution in [0.25, 0.3) is 0 Å². The predicted octanol–water partition coefficient (Wildman–Crippen LogP) is 13.7. The third kappa shape index (κ3) is 43.9. The van der Waals surface area contributed by atoms with E-state index in [1.807, 2.05) is 6.08 Å². The van der Waals surface area contributed by atoms with Crippen molar-refractivity contribution in [2.45, 2.75) is 490 Å². The lowest BCUT2D eigenvalue weighted by Crippen LogP contribution is -2.70. The number of rotatable bonds is 72. The molecule has 18 unspecified atom stereocenters. The molecule has 642 valence electrons. The SMILES string of the molecule is CCCCCCCCCCCCCCCCCCCC/C=C/C(O)C(COC1OC(CO)C(OC2OC(CO)C(O)C(OC3(C(=O)O)CC(O)C(NC(C)=O)C(C(O)C(O)CO)O3)C2O)C(O)C1O)NC(=O)CCCCCCCCCCCCCCCCCCCCCCCCCCCCCCCCCCCCC. The summed E-state index contributed by atoms with van der Waals surface area (Å²) in [5.74, 6) is -6.13. The van der Waals surface area contributed by atoms with Gasteiger partial charge in [-0.1, -0.05) is 353 Å². The lowest BCUT2D eigenvalue weighted by Gasteiger charge is -2.50. The average molecular weight is 1560 g/mol. The van der Waals surface area contributed by atoms with Gasteiger partial charge >= 0.3 is 5.97 Å². The summed E-state index contributed by atoms with van der Waals surface area (Å²) in [7, 11) is 0. The monoisotopic (exact) mass is 1560 g/mol. The number of hydrogen-bond donors (Lipinski definition) is 14. The fraction of sp³-hybridized carbons (Fsp3) is 0.942. The van der Waals surface area contributed by atoms with E-state index >= 15 is 0 Å². The molecule has 3 rings (SSSR count). The summed E-state index contributed by atoms with van der Waals surface area (Å²) in [5, 5.41) is 137. The van der Waals surface area contributed by atoms with Gasteiger partial charge in [0, 0.05) is 19.8 Å². The predicted molar refractivity (Wildman–Crippen MR) is 426 cm³/mol. The molecule has 23 heteroatoms. The number of amides is 2. The number of carbonyl (C=O) groups is 3. The lowest BCUT2D eigenvalue weighted by molar-refractivity contribution is -0.386. The van der Waals surface area contributed by atoms with Crippen LogP contribution in [0.5, 0.6) is 0 Å². The van der Waals surface area contributed by atoms with Gasteiger partial charge in [-0.3, -0.25) is 9.59 Å². The molecule has 14 N–H and O–H groups in total. The molecule has 109 heavy (non-hydrogen) atoms. The van der Waals surface area contributed by atoms with Crippen molar-refractivity contribution in [2.24, 2.45) is 0 Å². The summed E-state index contributed by atoms with van der Waals surface area (Å²) < 4.78 is 35.0. The van der Waals surface area contributed by atoms with E-state index in [0.29, 0.717) is 12.8 Å². The second-order valence-electron chi connectivity index (χ2n) is 32.5. The molecule has 23 nitrogen and oxygen atoms in total. The van der Waals surface area contributed by atoms with E-state index in [0.717, 1.165) is 51.9 Å². The molecule has 3 fully saturated rings. The van der Waals surface area contributed by atoms with Gasteiger partial charge in [-0.25, -0.2) is 4.79 Å². The number of carboxylic acid groups (broad SMARTS) is 1. The minimum atomic E-state index is -3.08. The number of aliphatic hydroxyl groups excluding tert-OH is 11. The van der Waals surface area contributed by atoms with Crippen molar-refractivity contribution < 1.29 is 104 Å². The molecule has 0 radical (unpaired) electrons. The smallest absolute Gasteiger partial charge is 0.364 e. The van der Waals surface area contributed by atoms with Crippen molar-refractivity contribution in [1.29, 1.82) is 0 Å². The second kappa shape index (κ2) is 64.6. The van der Waals surface area contributed by atoms with E-state index in [-0.39, 0.29) is 12.3 Å². The van der Waals surface area contributed by atoms with Gasteiger partial charge < -0.3 is 100 Å². The number of aliphatic carboxylic acids is 1. The van der Waals surface area contributed by atoms with E-state index in [1.54, 1.807) is 6.08 Å². The van der Waals surface area contributed by atoms with Crippen LogP contribution in [0.1, 0.15) is 380 Å². The van der Waals surface area contributed by atoms with Crippen LogP contribution in [0.2, 0.25) is 0 Å². The molecule has 2 amide bonds. The van der Waals surface area contributed by atoms with E-state index in [4.69, 9.17) is 28.4 Å². The highest BCUT2D eigenvalue weighted by molar-refractivity contribution is 5.77. The van der Waals surface area contributed by atoms with Gasteiger partial charge in [0.1, 0.15) is 67.1 Å². The van der Waals surface area contributed by atoms with E-state index in [9.17, 15) is 75.7 Å². The first-order valence-corrected chi connectivity index (χ1v) is 44.6. The molecule has 0 saturated carbocycles. The fourth-order valence-electron chi connectivity index (χ4n) is 15.7. The van der Waals surface area contributed by atoms with Gasteiger partial charge in [0.05, 0.1) is 50.7 Å². The van der Waals surface area contributed by atoms with Gasteiger partial charge in [-0.2, -0.15) is 0 Å². The molecule has 0 aromatic heterocycles. The van der Waals surface area contributed by atoms with Crippen LogP contribution >= 0.6 is 0 Å². The molecule has 0 aromatic carbocycles. The minimum Gasteiger partial charge on any atom is -0.477 e. The molecule has 3 heterocycles. The molecule has 0 bridgehead atoms. The van der Waals surface area contributed by atoms with Crippen molar-refractivity contribution >= 4 is 17.8 Å². The highest BCUT2D eigenvalue weighted by Crippen LogP contribution is 2.39. The molecular weight excluding hydrogens is 1400 g/mol. The summed E-state index contributed by atoms with van der Waals surface area (Å²) in [6, 6.07) is -2.62. The molecule has 3 saturated heterocycles. The Labute approximate surface area is 658 Å². The number of aliphatic hydroxyl groups is 11.